The molecule has 4 nitrogen and oxygen atoms in total. The molecule has 0 spiro atoms. The fourth-order valence-electron chi connectivity index (χ4n) is 6.84. The smallest absolute Gasteiger partial charge is 0.124 e. The van der Waals surface area contributed by atoms with Crippen molar-refractivity contribution in [2.24, 2.45) is 0 Å². The largest absolute Gasteiger partial charge is 0.507 e. The molecule has 4 aromatic rings. The number of hydrogen-bond donors (Lipinski definition) is 2. The van der Waals surface area contributed by atoms with Crippen molar-refractivity contribution < 1.29 is 19.7 Å². The van der Waals surface area contributed by atoms with Gasteiger partial charge in [0.05, 0.1) is 13.2 Å². The van der Waals surface area contributed by atoms with E-state index >= 15 is 0 Å². The van der Waals surface area contributed by atoms with Crippen LogP contribution in [0.25, 0.3) is 32.7 Å². The van der Waals surface area contributed by atoms with Gasteiger partial charge in [0.15, 0.2) is 0 Å². The minimum absolute atomic E-state index is 0.133. The van der Waals surface area contributed by atoms with E-state index in [0.29, 0.717) is 24.3 Å². The first-order valence-corrected chi connectivity index (χ1v) is 19.4. The monoisotopic (exact) mass is 654 g/mol. The Hall–Kier alpha value is -3.40. The maximum Gasteiger partial charge on any atom is 0.124 e. The summed E-state index contributed by atoms with van der Waals surface area (Å²) in [7, 11) is 0. The van der Waals surface area contributed by atoms with Gasteiger partial charge in [0.2, 0.25) is 0 Å². The third-order valence-electron chi connectivity index (χ3n) is 9.73. The van der Waals surface area contributed by atoms with Crippen molar-refractivity contribution in [3.63, 3.8) is 0 Å². The first-order chi connectivity index (χ1) is 23.6. The highest BCUT2D eigenvalue weighted by atomic mass is 16.5. The Labute approximate surface area is 290 Å². The third kappa shape index (κ3) is 11.9. The van der Waals surface area contributed by atoms with Gasteiger partial charge < -0.3 is 19.7 Å². The Bertz CT molecular complexity index is 1380. The quantitative estimate of drug-likeness (QED) is 0.0698. The Morgan fingerprint density at radius 3 is 1.06 bits per heavy atom. The van der Waals surface area contributed by atoms with Crippen molar-refractivity contribution >= 4 is 21.5 Å². The second-order valence-electron chi connectivity index (χ2n) is 13.7. The molecule has 4 aromatic carbocycles. The van der Waals surface area contributed by atoms with E-state index in [1.165, 1.54) is 116 Å². The number of aromatic hydroxyl groups is 2. The van der Waals surface area contributed by atoms with Crippen LogP contribution < -0.4 is 9.47 Å². The third-order valence-corrected chi connectivity index (χ3v) is 9.73. The van der Waals surface area contributed by atoms with Crippen LogP contribution in [0.3, 0.4) is 0 Å². The topological polar surface area (TPSA) is 58.9 Å². The van der Waals surface area contributed by atoms with Crippen molar-refractivity contribution in [1.29, 1.82) is 0 Å². The van der Waals surface area contributed by atoms with Crippen LogP contribution >= 0.6 is 0 Å². The van der Waals surface area contributed by atoms with Gasteiger partial charge in [-0.15, -0.1) is 0 Å². The number of rotatable bonds is 25. The maximum absolute atomic E-state index is 11.2. The van der Waals surface area contributed by atoms with Gasteiger partial charge in [-0.1, -0.05) is 154 Å². The number of fused-ring (bicyclic) bond motifs is 2. The van der Waals surface area contributed by atoms with E-state index in [9.17, 15) is 10.2 Å². The van der Waals surface area contributed by atoms with Gasteiger partial charge in [-0.3, -0.25) is 0 Å². The molecule has 0 bridgehead atoms. The predicted octanol–water partition coefficient (Wildman–Crippen LogP) is 13.7. The molecular weight excluding hydrogens is 592 g/mol. The second-order valence-corrected chi connectivity index (χ2v) is 13.7. The zero-order valence-corrected chi connectivity index (χ0v) is 30.0. The minimum atomic E-state index is 0.133. The van der Waals surface area contributed by atoms with E-state index in [2.05, 4.69) is 13.8 Å². The van der Waals surface area contributed by atoms with Gasteiger partial charge in [0.25, 0.3) is 0 Å². The summed E-state index contributed by atoms with van der Waals surface area (Å²) in [5, 5.41) is 26.1. The summed E-state index contributed by atoms with van der Waals surface area (Å²) in [6.07, 6.45) is 25.9. The zero-order valence-electron chi connectivity index (χ0n) is 30.0. The van der Waals surface area contributed by atoms with E-state index in [1.807, 2.05) is 48.5 Å². The lowest BCUT2D eigenvalue weighted by atomic mass is 9.92. The average molecular weight is 655 g/mol. The summed E-state index contributed by atoms with van der Waals surface area (Å²) >= 11 is 0. The van der Waals surface area contributed by atoms with E-state index in [0.717, 1.165) is 45.9 Å². The molecule has 48 heavy (non-hydrogen) atoms. The first-order valence-electron chi connectivity index (χ1n) is 19.4. The highest BCUT2D eigenvalue weighted by Crippen LogP contribution is 2.46. The molecule has 0 unspecified atom stereocenters. The highest BCUT2D eigenvalue weighted by Gasteiger charge is 2.18. The van der Waals surface area contributed by atoms with E-state index < -0.39 is 0 Å². The molecule has 0 heterocycles. The van der Waals surface area contributed by atoms with Crippen LogP contribution in [0.2, 0.25) is 0 Å². The highest BCUT2D eigenvalue weighted by molar-refractivity contribution is 6.10. The van der Waals surface area contributed by atoms with Crippen LogP contribution in [0.1, 0.15) is 142 Å². The van der Waals surface area contributed by atoms with Crippen LogP contribution in [-0.4, -0.2) is 23.4 Å². The van der Waals surface area contributed by atoms with E-state index in [4.69, 9.17) is 9.47 Å². The number of phenolic OH excluding ortho intramolecular Hbond substituents is 2. The van der Waals surface area contributed by atoms with Crippen molar-refractivity contribution in [2.75, 3.05) is 13.2 Å². The van der Waals surface area contributed by atoms with Crippen LogP contribution in [0.15, 0.2) is 60.7 Å². The molecule has 262 valence electrons. The summed E-state index contributed by atoms with van der Waals surface area (Å²) in [6, 6.07) is 19.4. The maximum atomic E-state index is 11.2. The zero-order chi connectivity index (χ0) is 33.8. The summed E-state index contributed by atoms with van der Waals surface area (Å²) < 4.78 is 12.4. The normalized spacial score (nSPS) is 11.5. The van der Waals surface area contributed by atoms with Crippen molar-refractivity contribution in [1.82, 2.24) is 0 Å². The van der Waals surface area contributed by atoms with Crippen molar-refractivity contribution in [3.8, 4) is 34.1 Å². The average Bonchev–Trinajstić information content (AvgIpc) is 3.10. The lowest BCUT2D eigenvalue weighted by Crippen LogP contribution is -1.98. The molecule has 0 radical (unpaired) electrons. The Kier molecular flexibility index (Phi) is 16.8. The molecule has 4 rings (SSSR count). The van der Waals surface area contributed by atoms with Crippen molar-refractivity contribution in [2.45, 2.75) is 142 Å². The molecule has 0 aliphatic carbocycles. The molecule has 0 fully saturated rings. The summed E-state index contributed by atoms with van der Waals surface area (Å²) in [6.45, 7) is 5.89. The van der Waals surface area contributed by atoms with Gasteiger partial charge in [0.1, 0.15) is 23.0 Å². The Morgan fingerprint density at radius 2 is 0.708 bits per heavy atom. The first kappa shape index (κ1) is 37.4. The SMILES string of the molecule is CCCCCCCCCCCCOc1ccc2ccc(O)c(-c3c(O)ccc4ccc(OCCCCCCCCCCCC)cc34)c2c1. The van der Waals surface area contributed by atoms with Crippen molar-refractivity contribution in [3.05, 3.63) is 60.7 Å². The number of ether oxygens (including phenoxy) is 2. The van der Waals surface area contributed by atoms with E-state index in [-0.39, 0.29) is 11.5 Å². The molecule has 0 aliphatic rings. The lowest BCUT2D eigenvalue weighted by molar-refractivity contribution is 0.304. The minimum Gasteiger partial charge on any atom is -0.507 e. The summed E-state index contributed by atoms with van der Waals surface area (Å²) in [5.74, 6) is 1.83. The molecular formula is C44H62O4. The lowest BCUT2D eigenvalue weighted by Gasteiger charge is -2.16. The summed E-state index contributed by atoms with van der Waals surface area (Å²) in [5.41, 5.74) is 1.23. The van der Waals surface area contributed by atoms with E-state index in [1.54, 1.807) is 12.1 Å². The number of phenols is 2. The molecule has 4 heteroatoms. The second kappa shape index (κ2) is 21.5. The molecule has 0 saturated carbocycles. The van der Waals surface area contributed by atoms with Crippen LogP contribution in [0.5, 0.6) is 23.0 Å². The molecule has 2 N–H and O–H groups in total. The number of unbranched alkanes of at least 4 members (excludes halogenated alkanes) is 18. The fourth-order valence-corrected chi connectivity index (χ4v) is 6.84. The number of benzene rings is 4. The fraction of sp³-hybridized carbons (Fsp3) is 0.545. The van der Waals surface area contributed by atoms with Gasteiger partial charge in [-0.25, -0.2) is 0 Å². The van der Waals surface area contributed by atoms with Gasteiger partial charge in [-0.2, -0.15) is 0 Å². The molecule has 0 atom stereocenters. The molecule has 0 saturated heterocycles. The number of hydrogen-bond acceptors (Lipinski definition) is 4. The molecule has 0 aliphatic heterocycles. The van der Waals surface area contributed by atoms with Gasteiger partial charge in [0, 0.05) is 11.1 Å². The molecule has 0 aromatic heterocycles. The van der Waals surface area contributed by atoms with Crippen LogP contribution in [0.4, 0.5) is 0 Å². The van der Waals surface area contributed by atoms with Gasteiger partial charge >= 0.3 is 0 Å². The Balaban J connectivity index is 1.36. The van der Waals surface area contributed by atoms with Crippen LogP contribution in [-0.2, 0) is 0 Å². The predicted molar refractivity (Wildman–Crippen MR) is 205 cm³/mol. The van der Waals surface area contributed by atoms with Gasteiger partial charge in [-0.05, 0) is 70.8 Å². The molecule has 0 amide bonds. The van der Waals surface area contributed by atoms with Crippen LogP contribution in [0, 0.1) is 0 Å². The summed E-state index contributed by atoms with van der Waals surface area (Å²) in [4.78, 5) is 0. The standard InChI is InChI=1S/C44H62O4/c1-3-5-7-9-11-13-15-17-19-21-31-47-37-27-23-35-25-29-41(45)43(39(35)33-37)44-40-34-38(28-24-36(40)26-30-42(44)46)48-32-22-20-18-16-14-12-10-8-6-4-2/h23-30,33-34,45-46H,3-22,31-32H2,1-2H3. The Morgan fingerprint density at radius 1 is 0.396 bits per heavy atom.